The van der Waals surface area contributed by atoms with Crippen molar-refractivity contribution in [1.82, 2.24) is 14.9 Å². The fraction of sp³-hybridized carbons (Fsp3) is 0.533. The van der Waals surface area contributed by atoms with E-state index in [0.29, 0.717) is 11.4 Å². The second kappa shape index (κ2) is 5.33. The number of aromatic nitrogens is 2. The van der Waals surface area contributed by atoms with Gasteiger partial charge in [0.05, 0.1) is 16.6 Å². The van der Waals surface area contributed by atoms with E-state index in [2.05, 4.69) is 10.3 Å². The Bertz CT molecular complexity index is 639. The van der Waals surface area contributed by atoms with Crippen molar-refractivity contribution in [2.45, 2.75) is 25.4 Å². The first-order valence-electron chi connectivity index (χ1n) is 7.18. The molecule has 3 nitrogen and oxygen atoms in total. The molecular formula is C15H18F3N3. The van der Waals surface area contributed by atoms with Crippen LogP contribution >= 0.6 is 0 Å². The molecule has 0 bridgehead atoms. The molecule has 0 aliphatic carbocycles. The molecule has 1 atom stereocenters. The number of aryl methyl sites for hydroxylation is 1. The number of hydrogen-bond donors (Lipinski definition) is 1. The van der Waals surface area contributed by atoms with Crippen LogP contribution in [-0.4, -0.2) is 22.6 Å². The molecule has 2 heterocycles. The molecule has 1 aliphatic heterocycles. The molecule has 1 aliphatic rings. The maximum Gasteiger partial charge on any atom is 0.416 e. The molecule has 6 heteroatoms. The molecule has 21 heavy (non-hydrogen) atoms. The molecule has 1 saturated heterocycles. The van der Waals surface area contributed by atoms with Gasteiger partial charge in [0, 0.05) is 13.5 Å². The highest BCUT2D eigenvalue weighted by Crippen LogP contribution is 2.31. The Balaban J connectivity index is 1.91. The Morgan fingerprint density at radius 3 is 2.86 bits per heavy atom. The fourth-order valence-corrected chi connectivity index (χ4v) is 2.97. The number of alkyl halides is 3. The monoisotopic (exact) mass is 297 g/mol. The van der Waals surface area contributed by atoms with E-state index >= 15 is 0 Å². The molecule has 0 radical (unpaired) electrons. The van der Waals surface area contributed by atoms with E-state index in [0.717, 1.165) is 55.8 Å². The minimum Gasteiger partial charge on any atom is -0.331 e. The van der Waals surface area contributed by atoms with Gasteiger partial charge in [0.15, 0.2) is 0 Å². The van der Waals surface area contributed by atoms with Crippen LogP contribution in [0, 0.1) is 5.92 Å². The Hall–Kier alpha value is -1.56. The summed E-state index contributed by atoms with van der Waals surface area (Å²) in [6, 6.07) is 3.77. The summed E-state index contributed by atoms with van der Waals surface area (Å²) < 4.78 is 40.2. The zero-order valence-corrected chi connectivity index (χ0v) is 11.9. The lowest BCUT2D eigenvalue weighted by molar-refractivity contribution is -0.137. The predicted octanol–water partition coefficient (Wildman–Crippen LogP) is 3.13. The smallest absolute Gasteiger partial charge is 0.331 e. The number of nitrogens with one attached hydrogen (secondary N) is 1. The van der Waals surface area contributed by atoms with Gasteiger partial charge < -0.3 is 9.88 Å². The van der Waals surface area contributed by atoms with E-state index in [1.807, 2.05) is 11.6 Å². The number of rotatable bonds is 2. The Labute approximate surface area is 121 Å². The van der Waals surface area contributed by atoms with Crippen LogP contribution in [0.2, 0.25) is 0 Å². The molecule has 1 aromatic heterocycles. The van der Waals surface area contributed by atoms with Crippen molar-refractivity contribution < 1.29 is 13.2 Å². The molecule has 1 N–H and O–H groups in total. The predicted molar refractivity (Wildman–Crippen MR) is 75.0 cm³/mol. The van der Waals surface area contributed by atoms with Crippen LogP contribution < -0.4 is 5.32 Å². The third-order valence-electron chi connectivity index (χ3n) is 4.17. The highest BCUT2D eigenvalue weighted by atomic mass is 19.4. The van der Waals surface area contributed by atoms with Crippen molar-refractivity contribution in [2.75, 3.05) is 13.1 Å². The van der Waals surface area contributed by atoms with E-state index in [1.165, 1.54) is 6.07 Å². The van der Waals surface area contributed by atoms with Crippen molar-refractivity contribution in [3.63, 3.8) is 0 Å². The highest BCUT2D eigenvalue weighted by molar-refractivity contribution is 5.77. The van der Waals surface area contributed by atoms with Crippen LogP contribution in [0.3, 0.4) is 0 Å². The van der Waals surface area contributed by atoms with Gasteiger partial charge in [-0.2, -0.15) is 13.2 Å². The molecule has 0 amide bonds. The van der Waals surface area contributed by atoms with Gasteiger partial charge >= 0.3 is 6.18 Å². The number of nitrogens with zero attached hydrogens (tertiary/aromatic N) is 2. The van der Waals surface area contributed by atoms with Gasteiger partial charge in [-0.25, -0.2) is 4.98 Å². The fourth-order valence-electron chi connectivity index (χ4n) is 2.97. The summed E-state index contributed by atoms with van der Waals surface area (Å²) in [6.07, 6.45) is -1.23. The third-order valence-corrected chi connectivity index (χ3v) is 4.17. The number of halogens is 3. The third kappa shape index (κ3) is 2.90. The van der Waals surface area contributed by atoms with Gasteiger partial charge in [-0.15, -0.1) is 0 Å². The maximum absolute atomic E-state index is 12.8. The molecule has 3 rings (SSSR count). The van der Waals surface area contributed by atoms with Crippen LogP contribution in [0.25, 0.3) is 11.0 Å². The SMILES string of the molecule is Cn1c(CC2CCCNC2)nc2cc(C(F)(F)F)ccc21. The first-order chi connectivity index (χ1) is 9.95. The summed E-state index contributed by atoms with van der Waals surface area (Å²) in [4.78, 5) is 4.42. The van der Waals surface area contributed by atoms with Crippen molar-refractivity contribution in [3.05, 3.63) is 29.6 Å². The van der Waals surface area contributed by atoms with E-state index in [9.17, 15) is 13.2 Å². The number of fused-ring (bicyclic) bond motifs is 1. The second-order valence-corrected chi connectivity index (χ2v) is 5.70. The van der Waals surface area contributed by atoms with E-state index in [-0.39, 0.29) is 0 Å². The first-order valence-corrected chi connectivity index (χ1v) is 7.18. The maximum atomic E-state index is 12.8. The summed E-state index contributed by atoms with van der Waals surface area (Å²) in [5, 5.41) is 3.35. The van der Waals surface area contributed by atoms with Crippen LogP contribution in [-0.2, 0) is 19.6 Å². The van der Waals surface area contributed by atoms with Crippen molar-refractivity contribution >= 4 is 11.0 Å². The van der Waals surface area contributed by atoms with Gasteiger partial charge in [0.1, 0.15) is 5.82 Å². The molecule has 1 aromatic carbocycles. The van der Waals surface area contributed by atoms with Crippen LogP contribution in [0.1, 0.15) is 24.2 Å². The minimum absolute atomic E-state index is 0.422. The largest absolute Gasteiger partial charge is 0.416 e. The van der Waals surface area contributed by atoms with Crippen LogP contribution in [0.4, 0.5) is 13.2 Å². The highest BCUT2D eigenvalue weighted by Gasteiger charge is 2.31. The van der Waals surface area contributed by atoms with E-state index < -0.39 is 11.7 Å². The lowest BCUT2D eigenvalue weighted by Gasteiger charge is -2.22. The minimum atomic E-state index is -4.32. The zero-order chi connectivity index (χ0) is 15.0. The standard InChI is InChI=1S/C15H18F3N3/c1-21-13-5-4-11(15(16,17)18)8-12(13)20-14(21)7-10-3-2-6-19-9-10/h4-5,8,10,19H,2-3,6-7,9H2,1H3. The van der Waals surface area contributed by atoms with Gasteiger partial charge in [0.25, 0.3) is 0 Å². The average molecular weight is 297 g/mol. The van der Waals surface area contributed by atoms with Crippen molar-refractivity contribution in [3.8, 4) is 0 Å². The summed E-state index contributed by atoms with van der Waals surface area (Å²) in [5.41, 5.74) is 0.534. The quantitative estimate of drug-likeness (QED) is 0.923. The Kier molecular flexibility index (Phi) is 3.65. The number of piperidine rings is 1. The summed E-state index contributed by atoms with van der Waals surface area (Å²) in [5.74, 6) is 1.37. The number of benzene rings is 1. The van der Waals surface area contributed by atoms with Crippen molar-refractivity contribution in [1.29, 1.82) is 0 Å². The van der Waals surface area contributed by atoms with Crippen molar-refractivity contribution in [2.24, 2.45) is 13.0 Å². The molecule has 2 aromatic rings. The summed E-state index contributed by atoms with van der Waals surface area (Å²) >= 11 is 0. The molecule has 0 saturated carbocycles. The average Bonchev–Trinajstić information content (AvgIpc) is 2.75. The number of hydrogen-bond acceptors (Lipinski definition) is 2. The molecule has 0 spiro atoms. The topological polar surface area (TPSA) is 29.9 Å². The van der Waals surface area contributed by atoms with Gasteiger partial charge in [0.2, 0.25) is 0 Å². The Morgan fingerprint density at radius 1 is 1.38 bits per heavy atom. The first kappa shape index (κ1) is 14.4. The molecule has 114 valence electrons. The summed E-state index contributed by atoms with van der Waals surface area (Å²) in [7, 11) is 1.87. The van der Waals surface area contributed by atoms with Crippen LogP contribution in [0.15, 0.2) is 18.2 Å². The van der Waals surface area contributed by atoms with Gasteiger partial charge in [-0.05, 0) is 50.0 Å². The van der Waals surface area contributed by atoms with E-state index in [4.69, 9.17) is 0 Å². The molecule has 1 fully saturated rings. The lowest BCUT2D eigenvalue weighted by atomic mass is 9.96. The second-order valence-electron chi connectivity index (χ2n) is 5.70. The normalized spacial score (nSPS) is 20.1. The van der Waals surface area contributed by atoms with Gasteiger partial charge in [-0.1, -0.05) is 0 Å². The summed E-state index contributed by atoms with van der Waals surface area (Å²) in [6.45, 7) is 2.00. The zero-order valence-electron chi connectivity index (χ0n) is 11.9. The lowest BCUT2D eigenvalue weighted by Crippen LogP contribution is -2.31. The molecule has 1 unspecified atom stereocenters. The number of imidazole rings is 1. The van der Waals surface area contributed by atoms with E-state index in [1.54, 1.807) is 0 Å². The van der Waals surface area contributed by atoms with Crippen LogP contribution in [0.5, 0.6) is 0 Å². The van der Waals surface area contributed by atoms with Gasteiger partial charge in [-0.3, -0.25) is 0 Å². The Morgan fingerprint density at radius 2 is 2.19 bits per heavy atom. The molecular weight excluding hydrogens is 279 g/mol.